The van der Waals surface area contributed by atoms with Crippen LogP contribution in [-0.4, -0.2) is 5.11 Å². The van der Waals surface area contributed by atoms with E-state index in [4.69, 9.17) is 4.74 Å². The van der Waals surface area contributed by atoms with Crippen LogP contribution in [0.3, 0.4) is 0 Å². The molecule has 0 radical (unpaired) electrons. The summed E-state index contributed by atoms with van der Waals surface area (Å²) in [5.41, 5.74) is 5.71. The SMILES string of the molecule is Cc1ccc(Pc2cc(C)cc(C)c2OCc2ccccc2)c(CO)c1. The van der Waals surface area contributed by atoms with E-state index in [1.807, 2.05) is 18.2 Å². The number of aryl methyl sites for hydroxylation is 3. The third-order valence-corrected chi connectivity index (χ3v) is 5.74. The van der Waals surface area contributed by atoms with Gasteiger partial charge in [-0.3, -0.25) is 0 Å². The summed E-state index contributed by atoms with van der Waals surface area (Å²) in [7, 11) is 0.453. The number of aliphatic hydroxyl groups excluding tert-OH is 1. The zero-order valence-electron chi connectivity index (χ0n) is 15.5. The zero-order chi connectivity index (χ0) is 18.5. The summed E-state index contributed by atoms with van der Waals surface area (Å²) < 4.78 is 6.22. The van der Waals surface area contributed by atoms with Crippen molar-refractivity contribution in [1.29, 1.82) is 0 Å². The van der Waals surface area contributed by atoms with E-state index < -0.39 is 0 Å². The van der Waals surface area contributed by atoms with Crippen LogP contribution in [0.2, 0.25) is 0 Å². The quantitative estimate of drug-likeness (QED) is 0.661. The Labute approximate surface area is 157 Å². The van der Waals surface area contributed by atoms with E-state index in [1.54, 1.807) is 0 Å². The first-order chi connectivity index (χ1) is 12.6. The fraction of sp³-hybridized carbons (Fsp3) is 0.217. The molecule has 26 heavy (non-hydrogen) atoms. The van der Waals surface area contributed by atoms with Crippen molar-refractivity contribution in [2.45, 2.75) is 34.0 Å². The number of rotatable bonds is 6. The van der Waals surface area contributed by atoms with Gasteiger partial charge < -0.3 is 9.84 Å². The van der Waals surface area contributed by atoms with Gasteiger partial charge >= 0.3 is 0 Å². The lowest BCUT2D eigenvalue weighted by atomic mass is 10.1. The van der Waals surface area contributed by atoms with Crippen LogP contribution in [0, 0.1) is 20.8 Å². The lowest BCUT2D eigenvalue weighted by Gasteiger charge is -2.17. The average molecular weight is 364 g/mol. The minimum Gasteiger partial charge on any atom is -0.488 e. The second kappa shape index (κ2) is 8.49. The van der Waals surface area contributed by atoms with Crippen LogP contribution in [0.25, 0.3) is 0 Å². The maximum atomic E-state index is 9.72. The van der Waals surface area contributed by atoms with E-state index in [2.05, 4.69) is 63.2 Å². The molecule has 3 aromatic rings. The number of aliphatic hydroxyl groups is 1. The highest BCUT2D eigenvalue weighted by Crippen LogP contribution is 2.27. The van der Waals surface area contributed by atoms with Crippen LogP contribution in [0.15, 0.2) is 60.7 Å². The van der Waals surface area contributed by atoms with Crippen LogP contribution in [0.4, 0.5) is 0 Å². The lowest BCUT2D eigenvalue weighted by molar-refractivity contribution is 0.283. The smallest absolute Gasteiger partial charge is 0.130 e. The molecule has 0 saturated heterocycles. The molecule has 3 heteroatoms. The Morgan fingerprint density at radius 2 is 1.62 bits per heavy atom. The van der Waals surface area contributed by atoms with Crippen LogP contribution >= 0.6 is 8.58 Å². The van der Waals surface area contributed by atoms with Crippen molar-refractivity contribution >= 4 is 19.2 Å². The molecular weight excluding hydrogens is 339 g/mol. The first-order valence-electron chi connectivity index (χ1n) is 8.82. The minimum atomic E-state index is 0.0645. The Bertz CT molecular complexity index is 888. The zero-order valence-corrected chi connectivity index (χ0v) is 16.5. The topological polar surface area (TPSA) is 29.5 Å². The third kappa shape index (κ3) is 4.52. The van der Waals surface area contributed by atoms with Crippen LogP contribution in [-0.2, 0) is 13.2 Å². The van der Waals surface area contributed by atoms with Crippen molar-refractivity contribution in [3.63, 3.8) is 0 Å². The molecule has 0 saturated carbocycles. The van der Waals surface area contributed by atoms with Crippen LogP contribution < -0.4 is 15.3 Å². The molecule has 0 amide bonds. The van der Waals surface area contributed by atoms with Crippen LogP contribution in [0.1, 0.15) is 27.8 Å². The molecule has 134 valence electrons. The summed E-state index contributed by atoms with van der Waals surface area (Å²) in [5, 5.41) is 12.1. The molecule has 0 bridgehead atoms. The van der Waals surface area contributed by atoms with Crippen LogP contribution in [0.5, 0.6) is 5.75 Å². The number of ether oxygens (including phenoxy) is 1. The molecular formula is C23H25O2P. The van der Waals surface area contributed by atoms with Gasteiger partial charge in [0.1, 0.15) is 12.4 Å². The first-order valence-corrected chi connectivity index (χ1v) is 9.82. The molecule has 0 spiro atoms. The van der Waals surface area contributed by atoms with Gasteiger partial charge in [0.05, 0.1) is 6.61 Å². The molecule has 0 aliphatic carbocycles. The highest BCUT2D eigenvalue weighted by Gasteiger charge is 2.12. The summed E-state index contributed by atoms with van der Waals surface area (Å²) in [6, 6.07) is 20.9. The first kappa shape index (κ1) is 18.6. The Morgan fingerprint density at radius 3 is 2.35 bits per heavy atom. The second-order valence-corrected chi connectivity index (χ2v) is 8.00. The molecule has 2 nitrogen and oxygen atoms in total. The summed E-state index contributed by atoms with van der Waals surface area (Å²) >= 11 is 0. The average Bonchev–Trinajstić information content (AvgIpc) is 2.63. The van der Waals surface area contributed by atoms with E-state index in [-0.39, 0.29) is 6.61 Å². The molecule has 0 aromatic heterocycles. The number of hydrogen-bond donors (Lipinski definition) is 1. The van der Waals surface area contributed by atoms with E-state index >= 15 is 0 Å². The molecule has 1 atom stereocenters. The maximum absolute atomic E-state index is 9.72. The molecule has 0 heterocycles. The normalized spacial score (nSPS) is 11.2. The number of benzene rings is 3. The fourth-order valence-electron chi connectivity index (χ4n) is 3.09. The summed E-state index contributed by atoms with van der Waals surface area (Å²) in [4.78, 5) is 0. The van der Waals surface area contributed by atoms with Gasteiger partial charge in [-0.1, -0.05) is 68.7 Å². The van der Waals surface area contributed by atoms with Crippen molar-refractivity contribution in [2.75, 3.05) is 0 Å². The van der Waals surface area contributed by atoms with Gasteiger partial charge in [0.2, 0.25) is 0 Å². The molecule has 3 aromatic carbocycles. The molecule has 3 rings (SSSR count). The van der Waals surface area contributed by atoms with E-state index in [0.717, 1.165) is 22.4 Å². The van der Waals surface area contributed by atoms with Gasteiger partial charge in [-0.05, 0) is 54.4 Å². The predicted molar refractivity (Wildman–Crippen MR) is 111 cm³/mol. The molecule has 1 N–H and O–H groups in total. The van der Waals surface area contributed by atoms with Gasteiger partial charge in [-0.2, -0.15) is 0 Å². The van der Waals surface area contributed by atoms with E-state index in [1.165, 1.54) is 21.7 Å². The summed E-state index contributed by atoms with van der Waals surface area (Å²) in [6.45, 7) is 6.89. The fourth-order valence-corrected chi connectivity index (χ4v) is 4.54. The van der Waals surface area contributed by atoms with Crippen molar-refractivity contribution in [3.8, 4) is 5.75 Å². The predicted octanol–water partition coefficient (Wildman–Crippen LogP) is 4.31. The third-order valence-electron chi connectivity index (χ3n) is 4.35. The second-order valence-electron chi connectivity index (χ2n) is 6.68. The van der Waals surface area contributed by atoms with Crippen molar-refractivity contribution in [1.82, 2.24) is 0 Å². The lowest BCUT2D eigenvalue weighted by Crippen LogP contribution is -2.14. The molecule has 0 aliphatic rings. The molecule has 1 unspecified atom stereocenters. The minimum absolute atomic E-state index is 0.0645. The monoisotopic (exact) mass is 364 g/mol. The standard InChI is InChI=1S/C23H25O2P/c1-16-9-10-21(20(12-16)14-24)26-22-13-17(2)11-18(3)23(22)25-15-19-7-5-4-6-8-19/h4-13,24,26H,14-15H2,1-3H3. The summed E-state index contributed by atoms with van der Waals surface area (Å²) in [5.74, 6) is 0.960. The van der Waals surface area contributed by atoms with Gasteiger partial charge in [-0.25, -0.2) is 0 Å². The highest BCUT2D eigenvalue weighted by atomic mass is 31.1. The van der Waals surface area contributed by atoms with Crippen molar-refractivity contribution in [3.05, 3.63) is 88.5 Å². The van der Waals surface area contributed by atoms with Crippen molar-refractivity contribution < 1.29 is 9.84 Å². The highest BCUT2D eigenvalue weighted by molar-refractivity contribution is 7.55. The van der Waals surface area contributed by atoms with Gasteiger partial charge in [-0.15, -0.1) is 0 Å². The Balaban J connectivity index is 1.91. The summed E-state index contributed by atoms with van der Waals surface area (Å²) in [6.07, 6.45) is 0. The van der Waals surface area contributed by atoms with Gasteiger partial charge in [0.15, 0.2) is 0 Å². The van der Waals surface area contributed by atoms with Crippen molar-refractivity contribution in [2.24, 2.45) is 0 Å². The number of hydrogen-bond acceptors (Lipinski definition) is 2. The Morgan fingerprint density at radius 1 is 0.846 bits per heavy atom. The van der Waals surface area contributed by atoms with E-state index in [0.29, 0.717) is 15.2 Å². The molecule has 0 fully saturated rings. The van der Waals surface area contributed by atoms with Gasteiger partial charge in [0.25, 0.3) is 0 Å². The van der Waals surface area contributed by atoms with E-state index in [9.17, 15) is 5.11 Å². The Hall–Kier alpha value is -2.15. The molecule has 0 aliphatic heterocycles. The largest absolute Gasteiger partial charge is 0.488 e. The Kier molecular flexibility index (Phi) is 6.08. The maximum Gasteiger partial charge on any atom is 0.130 e. The van der Waals surface area contributed by atoms with Gasteiger partial charge in [0, 0.05) is 5.30 Å².